The van der Waals surface area contributed by atoms with Gasteiger partial charge in [0.25, 0.3) is 0 Å². The minimum atomic E-state index is -0.528. The number of hydroxylamine groups is 2. The summed E-state index contributed by atoms with van der Waals surface area (Å²) in [6, 6.07) is 23.4. The highest BCUT2D eigenvalue weighted by Crippen LogP contribution is 2.14. The Morgan fingerprint density at radius 1 is 0.759 bits per heavy atom. The number of rotatable bonds is 9. The van der Waals surface area contributed by atoms with Gasteiger partial charge in [-0.2, -0.15) is 0 Å². The molecule has 0 radical (unpaired) electrons. The molecule has 2 N–H and O–H groups in total. The van der Waals surface area contributed by atoms with Gasteiger partial charge < -0.3 is 16.0 Å². The first-order valence-electron chi connectivity index (χ1n) is 9.52. The number of nitrogens with zero attached hydrogens (tertiary/aromatic N) is 1. The lowest BCUT2D eigenvalue weighted by molar-refractivity contribution is 0.0996. The van der Waals surface area contributed by atoms with Gasteiger partial charge in [0.1, 0.15) is 0 Å². The highest BCUT2D eigenvalue weighted by atomic mass is 16.5. The topological polar surface area (TPSA) is 86.5 Å². The van der Waals surface area contributed by atoms with Crippen LogP contribution in [-0.4, -0.2) is 23.3 Å². The Bertz CT molecular complexity index is 952. The van der Waals surface area contributed by atoms with E-state index in [1.54, 1.807) is 36.4 Å². The molecule has 3 rings (SSSR count). The van der Waals surface area contributed by atoms with E-state index in [-0.39, 0.29) is 12.3 Å². The van der Waals surface area contributed by atoms with Crippen LogP contribution < -0.4 is 5.73 Å². The monoisotopic (exact) mass is 387 g/mol. The standard InChI is InChI=1S/C24H23N2O3/c25-24(28)22-14-12-21(13-15-22)23(27)20-10-8-19(9-11-20)17-26(29)16-4-7-18-5-2-1-3-6-18/h1-3,5-6,8-15H,4,7,16-17H2,(H2,25,28)/q-1. The van der Waals surface area contributed by atoms with Crippen LogP contribution in [0.15, 0.2) is 78.9 Å². The Morgan fingerprint density at radius 3 is 1.90 bits per heavy atom. The van der Waals surface area contributed by atoms with Crippen molar-refractivity contribution in [2.24, 2.45) is 5.73 Å². The van der Waals surface area contributed by atoms with Gasteiger partial charge in [0.15, 0.2) is 5.78 Å². The Hall–Kier alpha value is -3.28. The normalized spacial score (nSPS) is 10.8. The number of benzene rings is 3. The van der Waals surface area contributed by atoms with Crippen molar-refractivity contribution in [3.05, 3.63) is 112 Å². The summed E-state index contributed by atoms with van der Waals surface area (Å²) in [5.41, 5.74) is 8.68. The van der Waals surface area contributed by atoms with E-state index < -0.39 is 5.91 Å². The van der Waals surface area contributed by atoms with E-state index in [0.717, 1.165) is 23.5 Å². The van der Waals surface area contributed by atoms with Crippen molar-refractivity contribution < 1.29 is 9.59 Å². The molecule has 3 aromatic rings. The molecule has 5 heteroatoms. The second-order valence-electron chi connectivity index (χ2n) is 6.92. The molecule has 1 amide bonds. The van der Waals surface area contributed by atoms with Gasteiger partial charge in [-0.05, 0) is 42.6 Å². The van der Waals surface area contributed by atoms with Crippen molar-refractivity contribution >= 4 is 11.7 Å². The Balaban J connectivity index is 1.52. The number of amides is 1. The Labute approximate surface area is 170 Å². The van der Waals surface area contributed by atoms with E-state index in [1.807, 2.05) is 18.2 Å². The fourth-order valence-corrected chi connectivity index (χ4v) is 3.10. The number of hydrogen-bond donors (Lipinski definition) is 1. The third-order valence-corrected chi connectivity index (χ3v) is 4.72. The van der Waals surface area contributed by atoms with Gasteiger partial charge in [-0.1, -0.05) is 66.7 Å². The lowest BCUT2D eigenvalue weighted by Gasteiger charge is -2.28. The maximum atomic E-state index is 12.5. The molecular formula is C24H23N2O3-. The summed E-state index contributed by atoms with van der Waals surface area (Å²) in [4.78, 5) is 23.7. The lowest BCUT2D eigenvalue weighted by atomic mass is 10.0. The molecule has 0 aliphatic rings. The van der Waals surface area contributed by atoms with Gasteiger partial charge in [-0.15, -0.1) is 0 Å². The van der Waals surface area contributed by atoms with Gasteiger partial charge in [0.05, 0.1) is 0 Å². The average molecular weight is 387 g/mol. The van der Waals surface area contributed by atoms with Gasteiger partial charge in [0, 0.05) is 23.2 Å². The Kier molecular flexibility index (Phi) is 6.89. The predicted octanol–water partition coefficient (Wildman–Crippen LogP) is 3.95. The van der Waals surface area contributed by atoms with Crippen LogP contribution in [0.25, 0.3) is 0 Å². The first-order valence-corrected chi connectivity index (χ1v) is 9.52. The number of ketones is 1. The summed E-state index contributed by atoms with van der Waals surface area (Å²) in [7, 11) is 0. The number of nitrogens with two attached hydrogens (primary N) is 1. The zero-order valence-corrected chi connectivity index (χ0v) is 16.1. The number of carbonyl (C=O) groups is 2. The van der Waals surface area contributed by atoms with Crippen LogP contribution in [0, 0.1) is 5.21 Å². The minimum absolute atomic E-state index is 0.144. The maximum absolute atomic E-state index is 12.5. The maximum Gasteiger partial charge on any atom is 0.248 e. The van der Waals surface area contributed by atoms with Gasteiger partial charge in [0.2, 0.25) is 5.91 Å². The number of primary amides is 1. The molecule has 0 saturated heterocycles. The van der Waals surface area contributed by atoms with Gasteiger partial charge >= 0.3 is 0 Å². The molecule has 0 heterocycles. The van der Waals surface area contributed by atoms with Crippen molar-refractivity contribution in [2.45, 2.75) is 19.4 Å². The summed E-state index contributed by atoms with van der Waals surface area (Å²) in [5.74, 6) is -0.673. The molecule has 0 aliphatic carbocycles. The van der Waals surface area contributed by atoms with E-state index in [1.165, 1.54) is 17.7 Å². The average Bonchev–Trinajstić information content (AvgIpc) is 2.74. The van der Waals surface area contributed by atoms with Crippen molar-refractivity contribution in [1.29, 1.82) is 0 Å². The molecular weight excluding hydrogens is 364 g/mol. The van der Waals surface area contributed by atoms with Crippen LogP contribution in [0.2, 0.25) is 0 Å². The minimum Gasteiger partial charge on any atom is -0.785 e. The second-order valence-corrected chi connectivity index (χ2v) is 6.92. The summed E-state index contributed by atoms with van der Waals surface area (Å²) in [6.07, 6.45) is 1.67. The third kappa shape index (κ3) is 5.85. The van der Waals surface area contributed by atoms with Crippen molar-refractivity contribution in [3.63, 3.8) is 0 Å². The smallest absolute Gasteiger partial charge is 0.248 e. The fourth-order valence-electron chi connectivity index (χ4n) is 3.10. The molecule has 5 nitrogen and oxygen atoms in total. The van der Waals surface area contributed by atoms with E-state index >= 15 is 0 Å². The number of aryl methyl sites for hydroxylation is 1. The van der Waals surface area contributed by atoms with E-state index in [9.17, 15) is 14.8 Å². The van der Waals surface area contributed by atoms with Crippen LogP contribution in [0.3, 0.4) is 0 Å². The van der Waals surface area contributed by atoms with Crippen LogP contribution >= 0.6 is 0 Å². The van der Waals surface area contributed by atoms with E-state index in [2.05, 4.69) is 12.1 Å². The number of carbonyl (C=O) groups excluding carboxylic acids is 2. The van der Waals surface area contributed by atoms with Crippen LogP contribution in [0.1, 0.15) is 43.8 Å². The first kappa shape index (κ1) is 20.5. The molecule has 3 aromatic carbocycles. The van der Waals surface area contributed by atoms with Gasteiger partial charge in [-0.3, -0.25) is 9.59 Å². The first-order chi connectivity index (χ1) is 14.0. The zero-order chi connectivity index (χ0) is 20.6. The molecule has 0 atom stereocenters. The molecule has 0 unspecified atom stereocenters. The summed E-state index contributed by atoms with van der Waals surface area (Å²) < 4.78 is 0. The highest BCUT2D eigenvalue weighted by Gasteiger charge is 2.10. The van der Waals surface area contributed by atoms with Crippen LogP contribution in [0.4, 0.5) is 0 Å². The second kappa shape index (κ2) is 9.78. The molecule has 29 heavy (non-hydrogen) atoms. The predicted molar refractivity (Wildman–Crippen MR) is 113 cm³/mol. The van der Waals surface area contributed by atoms with E-state index in [0.29, 0.717) is 23.2 Å². The SMILES string of the molecule is NC(=O)c1ccc(C(=O)c2ccc(CN([O-])CCCc3ccccc3)cc2)cc1. The summed E-state index contributed by atoms with van der Waals surface area (Å²) >= 11 is 0. The van der Waals surface area contributed by atoms with Crippen molar-refractivity contribution in [3.8, 4) is 0 Å². The molecule has 0 aliphatic heterocycles. The molecule has 0 spiro atoms. The zero-order valence-electron chi connectivity index (χ0n) is 16.1. The molecule has 0 bridgehead atoms. The third-order valence-electron chi connectivity index (χ3n) is 4.72. The van der Waals surface area contributed by atoms with Gasteiger partial charge in [-0.25, -0.2) is 0 Å². The number of hydrogen-bond acceptors (Lipinski definition) is 4. The highest BCUT2D eigenvalue weighted by molar-refractivity contribution is 6.09. The van der Waals surface area contributed by atoms with Crippen molar-refractivity contribution in [2.75, 3.05) is 6.54 Å². The molecule has 0 aromatic heterocycles. The van der Waals surface area contributed by atoms with Crippen molar-refractivity contribution in [1.82, 2.24) is 5.06 Å². The summed E-state index contributed by atoms with van der Waals surface area (Å²) in [6.45, 7) is 0.748. The van der Waals surface area contributed by atoms with E-state index in [4.69, 9.17) is 5.73 Å². The lowest BCUT2D eigenvalue weighted by Crippen LogP contribution is -2.17. The summed E-state index contributed by atoms with van der Waals surface area (Å²) in [5, 5.41) is 13.2. The van der Waals surface area contributed by atoms with Crippen LogP contribution in [0.5, 0.6) is 0 Å². The molecule has 0 fully saturated rings. The van der Waals surface area contributed by atoms with Crippen LogP contribution in [-0.2, 0) is 13.0 Å². The molecule has 0 saturated carbocycles. The largest absolute Gasteiger partial charge is 0.785 e. The molecule has 148 valence electrons. The fraction of sp³-hybridized carbons (Fsp3) is 0.167. The Morgan fingerprint density at radius 2 is 1.31 bits per heavy atom. The quantitative estimate of drug-likeness (QED) is 0.445.